The SMILES string of the molecule is COc1ccc(COc2cc(OC)cc(C(=O)[O-])n2)cc1. The fraction of sp³-hybridized carbons (Fsp3) is 0.200. The minimum Gasteiger partial charge on any atom is -0.543 e. The predicted octanol–water partition coefficient (Wildman–Crippen LogP) is 1.04. The second kappa shape index (κ2) is 6.60. The Hall–Kier alpha value is -2.76. The molecule has 1 aromatic carbocycles. The number of aromatic carboxylic acids is 1. The molecule has 1 aromatic heterocycles. The summed E-state index contributed by atoms with van der Waals surface area (Å²) < 4.78 is 15.5. The third-order valence-electron chi connectivity index (χ3n) is 2.77. The van der Waals surface area contributed by atoms with E-state index in [1.807, 2.05) is 24.3 Å². The molecule has 0 unspecified atom stereocenters. The normalized spacial score (nSPS) is 10.0. The number of carbonyl (C=O) groups excluding carboxylic acids is 1. The van der Waals surface area contributed by atoms with Crippen LogP contribution in [0.2, 0.25) is 0 Å². The molecule has 0 atom stereocenters. The van der Waals surface area contributed by atoms with Crippen LogP contribution in [0.1, 0.15) is 16.1 Å². The van der Waals surface area contributed by atoms with Gasteiger partial charge in [-0.3, -0.25) is 0 Å². The molecule has 0 aliphatic heterocycles. The van der Waals surface area contributed by atoms with E-state index < -0.39 is 5.97 Å². The van der Waals surface area contributed by atoms with E-state index >= 15 is 0 Å². The summed E-state index contributed by atoms with van der Waals surface area (Å²) in [6, 6.07) is 10.1. The van der Waals surface area contributed by atoms with Gasteiger partial charge in [0.05, 0.1) is 25.9 Å². The molecular formula is C15H14NO5-. The molecule has 0 saturated carbocycles. The van der Waals surface area contributed by atoms with E-state index in [4.69, 9.17) is 14.2 Å². The molecule has 0 aliphatic carbocycles. The molecule has 110 valence electrons. The highest BCUT2D eigenvalue weighted by Gasteiger charge is 2.06. The summed E-state index contributed by atoms with van der Waals surface area (Å²) in [5.74, 6) is -0.140. The molecule has 21 heavy (non-hydrogen) atoms. The molecule has 2 aromatic rings. The Bertz CT molecular complexity index is 624. The van der Waals surface area contributed by atoms with Gasteiger partial charge in [0.15, 0.2) is 0 Å². The van der Waals surface area contributed by atoms with Crippen LogP contribution in [0.5, 0.6) is 17.4 Å². The first-order valence-electron chi connectivity index (χ1n) is 6.15. The smallest absolute Gasteiger partial charge is 0.217 e. The lowest BCUT2D eigenvalue weighted by molar-refractivity contribution is -0.255. The van der Waals surface area contributed by atoms with Crippen LogP contribution in [0, 0.1) is 0 Å². The van der Waals surface area contributed by atoms with Crippen LogP contribution in [-0.2, 0) is 6.61 Å². The number of nitrogens with zero attached hydrogens (tertiary/aromatic N) is 1. The molecule has 0 saturated heterocycles. The minimum absolute atomic E-state index is 0.157. The maximum atomic E-state index is 10.9. The predicted molar refractivity (Wildman–Crippen MR) is 72.4 cm³/mol. The van der Waals surface area contributed by atoms with Crippen LogP contribution in [-0.4, -0.2) is 25.2 Å². The van der Waals surface area contributed by atoms with Crippen molar-refractivity contribution in [2.24, 2.45) is 0 Å². The first-order chi connectivity index (χ1) is 10.1. The van der Waals surface area contributed by atoms with Crippen molar-refractivity contribution in [2.75, 3.05) is 14.2 Å². The van der Waals surface area contributed by atoms with Gasteiger partial charge in [-0.1, -0.05) is 12.1 Å². The zero-order chi connectivity index (χ0) is 15.2. The largest absolute Gasteiger partial charge is 0.543 e. The van der Waals surface area contributed by atoms with E-state index in [1.54, 1.807) is 7.11 Å². The Morgan fingerprint density at radius 3 is 2.33 bits per heavy atom. The lowest BCUT2D eigenvalue weighted by atomic mass is 10.2. The molecule has 6 heteroatoms. The lowest BCUT2D eigenvalue weighted by Gasteiger charge is -2.10. The van der Waals surface area contributed by atoms with E-state index in [9.17, 15) is 9.90 Å². The van der Waals surface area contributed by atoms with Crippen LogP contribution < -0.4 is 19.3 Å². The summed E-state index contributed by atoms with van der Waals surface area (Å²) in [6.07, 6.45) is 0. The first-order valence-corrected chi connectivity index (χ1v) is 6.15. The van der Waals surface area contributed by atoms with Gasteiger partial charge >= 0.3 is 0 Å². The monoisotopic (exact) mass is 288 g/mol. The molecule has 0 amide bonds. The Kier molecular flexibility index (Phi) is 4.61. The van der Waals surface area contributed by atoms with Gasteiger partial charge in [0.2, 0.25) is 5.88 Å². The van der Waals surface area contributed by atoms with Gasteiger partial charge in [-0.05, 0) is 17.7 Å². The average Bonchev–Trinajstić information content (AvgIpc) is 2.53. The van der Waals surface area contributed by atoms with Crippen LogP contribution in [0.4, 0.5) is 0 Å². The van der Waals surface area contributed by atoms with Gasteiger partial charge in [0, 0.05) is 12.1 Å². The van der Waals surface area contributed by atoms with Crippen molar-refractivity contribution in [3.63, 3.8) is 0 Å². The molecule has 6 nitrogen and oxygen atoms in total. The summed E-state index contributed by atoms with van der Waals surface area (Å²) >= 11 is 0. The second-order valence-corrected chi connectivity index (χ2v) is 4.15. The van der Waals surface area contributed by atoms with Gasteiger partial charge in [-0.2, -0.15) is 0 Å². The number of hydrogen-bond donors (Lipinski definition) is 0. The van der Waals surface area contributed by atoms with Gasteiger partial charge in [-0.25, -0.2) is 4.98 Å². The number of hydrogen-bond acceptors (Lipinski definition) is 6. The van der Waals surface area contributed by atoms with Crippen LogP contribution >= 0.6 is 0 Å². The average molecular weight is 288 g/mol. The summed E-state index contributed by atoms with van der Waals surface area (Å²) in [4.78, 5) is 14.7. The van der Waals surface area contributed by atoms with Crippen molar-refractivity contribution in [1.29, 1.82) is 0 Å². The van der Waals surface area contributed by atoms with Gasteiger partial charge in [-0.15, -0.1) is 0 Å². The number of carboxylic acids is 1. The highest BCUT2D eigenvalue weighted by atomic mass is 16.5. The molecular weight excluding hydrogens is 274 g/mol. The summed E-state index contributed by atoms with van der Waals surface area (Å²) in [7, 11) is 3.02. The van der Waals surface area contributed by atoms with Crippen molar-refractivity contribution in [3.8, 4) is 17.4 Å². The van der Waals surface area contributed by atoms with Crippen molar-refractivity contribution in [1.82, 2.24) is 4.98 Å². The fourth-order valence-electron chi connectivity index (χ4n) is 1.66. The van der Waals surface area contributed by atoms with E-state index in [0.717, 1.165) is 11.3 Å². The molecule has 0 radical (unpaired) electrons. The molecule has 0 bridgehead atoms. The minimum atomic E-state index is -1.39. The van der Waals surface area contributed by atoms with Crippen LogP contribution in [0.25, 0.3) is 0 Å². The number of carbonyl (C=O) groups is 1. The molecule has 1 heterocycles. The zero-order valence-electron chi connectivity index (χ0n) is 11.7. The topological polar surface area (TPSA) is 80.7 Å². The number of pyridine rings is 1. The van der Waals surface area contributed by atoms with Gasteiger partial charge < -0.3 is 24.1 Å². The highest BCUT2D eigenvalue weighted by Crippen LogP contribution is 2.20. The number of aromatic nitrogens is 1. The number of rotatable bonds is 6. The highest BCUT2D eigenvalue weighted by molar-refractivity contribution is 5.84. The number of carboxylic acid groups (broad SMARTS) is 1. The fourth-order valence-corrected chi connectivity index (χ4v) is 1.66. The summed E-state index contributed by atoms with van der Waals surface area (Å²) in [5, 5.41) is 10.9. The van der Waals surface area contributed by atoms with Gasteiger partial charge in [0.25, 0.3) is 0 Å². The Labute approximate surface area is 121 Å². The molecule has 0 spiro atoms. The summed E-state index contributed by atoms with van der Waals surface area (Å²) in [6.45, 7) is 0.247. The molecule has 0 fully saturated rings. The summed E-state index contributed by atoms with van der Waals surface area (Å²) in [5.41, 5.74) is 0.662. The van der Waals surface area contributed by atoms with Crippen molar-refractivity contribution in [2.45, 2.75) is 6.61 Å². The third kappa shape index (κ3) is 3.85. The Balaban J connectivity index is 2.11. The van der Waals surface area contributed by atoms with E-state index in [1.165, 1.54) is 19.2 Å². The third-order valence-corrected chi connectivity index (χ3v) is 2.77. The van der Waals surface area contributed by atoms with Crippen molar-refractivity contribution < 1.29 is 24.1 Å². The second-order valence-electron chi connectivity index (χ2n) is 4.15. The van der Waals surface area contributed by atoms with Crippen LogP contribution in [0.3, 0.4) is 0 Å². The van der Waals surface area contributed by atoms with E-state index in [2.05, 4.69) is 4.98 Å². The molecule has 0 N–H and O–H groups in total. The van der Waals surface area contributed by atoms with Crippen molar-refractivity contribution >= 4 is 5.97 Å². The number of methoxy groups -OCH3 is 2. The van der Waals surface area contributed by atoms with Crippen LogP contribution in [0.15, 0.2) is 36.4 Å². The number of benzene rings is 1. The molecule has 2 rings (SSSR count). The lowest BCUT2D eigenvalue weighted by Crippen LogP contribution is -2.23. The zero-order valence-corrected chi connectivity index (χ0v) is 11.7. The maximum Gasteiger partial charge on any atom is 0.217 e. The first kappa shape index (κ1) is 14.6. The standard InChI is InChI=1S/C15H15NO5/c1-19-11-5-3-10(4-6-11)9-21-14-8-12(20-2)7-13(16-14)15(17)18/h3-8H,9H2,1-2H3,(H,17,18)/p-1. The van der Waals surface area contributed by atoms with E-state index in [0.29, 0.717) is 5.75 Å². The maximum absolute atomic E-state index is 10.9. The Morgan fingerprint density at radius 2 is 1.76 bits per heavy atom. The van der Waals surface area contributed by atoms with Crippen molar-refractivity contribution in [3.05, 3.63) is 47.7 Å². The quantitative estimate of drug-likeness (QED) is 0.790. The van der Waals surface area contributed by atoms with E-state index in [-0.39, 0.29) is 18.2 Å². The Morgan fingerprint density at radius 1 is 1.10 bits per heavy atom. The number of ether oxygens (including phenoxy) is 3. The molecule has 0 aliphatic rings. The van der Waals surface area contributed by atoms with Gasteiger partial charge in [0.1, 0.15) is 18.1 Å².